The molecule has 6 nitrogen and oxygen atoms in total. The predicted octanol–water partition coefficient (Wildman–Crippen LogP) is 3.20. The van der Waals surface area contributed by atoms with Crippen LogP contribution >= 0.6 is 0 Å². The van der Waals surface area contributed by atoms with Gasteiger partial charge in [-0.15, -0.1) is 0 Å². The van der Waals surface area contributed by atoms with Gasteiger partial charge in [-0.2, -0.15) is 0 Å². The molecule has 2 aliphatic rings. The number of para-hydroxylation sites is 1. The van der Waals surface area contributed by atoms with Crippen molar-refractivity contribution in [3.8, 4) is 17.2 Å². The minimum Gasteiger partial charge on any atom is -0.496 e. The van der Waals surface area contributed by atoms with Crippen molar-refractivity contribution in [1.29, 1.82) is 0 Å². The molecule has 0 fully saturated rings. The largest absolute Gasteiger partial charge is 0.496 e. The van der Waals surface area contributed by atoms with E-state index in [1.54, 1.807) is 25.3 Å². The van der Waals surface area contributed by atoms with Gasteiger partial charge in [-0.1, -0.05) is 18.2 Å². The first-order valence-electron chi connectivity index (χ1n) is 8.30. The van der Waals surface area contributed by atoms with E-state index in [0.29, 0.717) is 36.0 Å². The summed E-state index contributed by atoms with van der Waals surface area (Å²) in [5.74, 6) is 1.69. The standard InChI is InChI=1S/C20H17NO5/c1-23-16-6-3-2-5-14(16)19-21-15(20(22)26-19)11-13-7-8-17-18(12-13)25-10-4-9-24-17/h2-3,5-8,11-12H,4,9-10H2,1H3/b15-11+. The summed E-state index contributed by atoms with van der Waals surface area (Å²) in [6, 6.07) is 12.8. The van der Waals surface area contributed by atoms with Crippen LogP contribution in [0.25, 0.3) is 6.08 Å². The molecule has 0 aliphatic carbocycles. The molecule has 0 radical (unpaired) electrons. The second-order valence-electron chi connectivity index (χ2n) is 5.79. The molecule has 2 aromatic rings. The Kier molecular flexibility index (Phi) is 4.31. The van der Waals surface area contributed by atoms with E-state index in [0.717, 1.165) is 12.0 Å². The number of ether oxygens (including phenoxy) is 4. The lowest BCUT2D eigenvalue weighted by Gasteiger charge is -2.07. The SMILES string of the molecule is COc1ccccc1C1=N/C(=C/c2ccc3c(c2)OCCCO3)C(=O)O1. The molecule has 0 spiro atoms. The molecule has 0 atom stereocenters. The summed E-state index contributed by atoms with van der Waals surface area (Å²) in [5.41, 5.74) is 1.64. The molecule has 2 aromatic carbocycles. The molecule has 0 saturated heterocycles. The number of hydrogen-bond acceptors (Lipinski definition) is 6. The number of cyclic esters (lactones) is 1. The number of hydrogen-bond donors (Lipinski definition) is 0. The van der Waals surface area contributed by atoms with Gasteiger partial charge in [-0.05, 0) is 35.9 Å². The van der Waals surface area contributed by atoms with Crippen molar-refractivity contribution in [3.05, 3.63) is 59.3 Å². The van der Waals surface area contributed by atoms with Crippen molar-refractivity contribution in [2.75, 3.05) is 20.3 Å². The normalized spacial score (nSPS) is 17.5. The van der Waals surface area contributed by atoms with Crippen molar-refractivity contribution in [3.63, 3.8) is 0 Å². The van der Waals surface area contributed by atoms with Crippen LogP contribution in [0.2, 0.25) is 0 Å². The van der Waals surface area contributed by atoms with Crippen molar-refractivity contribution >= 4 is 17.9 Å². The zero-order chi connectivity index (χ0) is 17.9. The van der Waals surface area contributed by atoms with E-state index in [2.05, 4.69) is 4.99 Å². The maximum Gasteiger partial charge on any atom is 0.363 e. The van der Waals surface area contributed by atoms with Gasteiger partial charge in [0.1, 0.15) is 5.75 Å². The molecular formula is C20H17NO5. The molecule has 6 heteroatoms. The summed E-state index contributed by atoms with van der Waals surface area (Å²) >= 11 is 0. The molecule has 2 heterocycles. The van der Waals surface area contributed by atoms with E-state index in [1.807, 2.05) is 30.3 Å². The van der Waals surface area contributed by atoms with Gasteiger partial charge in [0.25, 0.3) is 0 Å². The van der Waals surface area contributed by atoms with E-state index in [-0.39, 0.29) is 11.6 Å². The highest BCUT2D eigenvalue weighted by Crippen LogP contribution is 2.32. The molecule has 0 saturated carbocycles. The van der Waals surface area contributed by atoms with Crippen LogP contribution in [0.5, 0.6) is 17.2 Å². The second-order valence-corrected chi connectivity index (χ2v) is 5.79. The van der Waals surface area contributed by atoms with E-state index in [1.165, 1.54) is 0 Å². The highest BCUT2D eigenvalue weighted by Gasteiger charge is 2.26. The first-order valence-corrected chi connectivity index (χ1v) is 8.30. The molecule has 2 aliphatic heterocycles. The molecule has 132 valence electrons. The maximum atomic E-state index is 12.2. The number of nitrogens with zero attached hydrogens (tertiary/aromatic N) is 1. The molecule has 0 unspecified atom stereocenters. The van der Waals surface area contributed by atoms with Crippen LogP contribution in [0, 0.1) is 0 Å². The van der Waals surface area contributed by atoms with Gasteiger partial charge in [-0.3, -0.25) is 0 Å². The Morgan fingerprint density at radius 3 is 2.73 bits per heavy atom. The Labute approximate surface area is 150 Å². The predicted molar refractivity (Wildman–Crippen MR) is 95.6 cm³/mol. The lowest BCUT2D eigenvalue weighted by molar-refractivity contribution is -0.129. The van der Waals surface area contributed by atoms with Crippen LogP contribution in [0.4, 0.5) is 0 Å². The third-order valence-electron chi connectivity index (χ3n) is 4.03. The molecular weight excluding hydrogens is 334 g/mol. The summed E-state index contributed by atoms with van der Waals surface area (Å²) in [5, 5.41) is 0. The van der Waals surface area contributed by atoms with E-state index in [9.17, 15) is 4.79 Å². The third-order valence-corrected chi connectivity index (χ3v) is 4.03. The van der Waals surface area contributed by atoms with Crippen molar-refractivity contribution in [2.45, 2.75) is 6.42 Å². The number of methoxy groups -OCH3 is 1. The first-order chi connectivity index (χ1) is 12.7. The average Bonchev–Trinajstić information content (AvgIpc) is 2.88. The number of rotatable bonds is 3. The fourth-order valence-electron chi connectivity index (χ4n) is 2.77. The minimum absolute atomic E-state index is 0.223. The molecule has 0 N–H and O–H groups in total. The van der Waals surface area contributed by atoms with E-state index >= 15 is 0 Å². The Balaban J connectivity index is 1.66. The highest BCUT2D eigenvalue weighted by molar-refractivity contribution is 6.13. The lowest BCUT2D eigenvalue weighted by Crippen LogP contribution is -2.06. The summed E-state index contributed by atoms with van der Waals surface area (Å²) in [4.78, 5) is 16.5. The van der Waals surface area contributed by atoms with Gasteiger partial charge in [0.15, 0.2) is 17.2 Å². The Morgan fingerprint density at radius 2 is 1.88 bits per heavy atom. The fraction of sp³-hybridized carbons (Fsp3) is 0.200. The summed E-state index contributed by atoms with van der Waals surface area (Å²) in [6.07, 6.45) is 2.50. The molecule has 26 heavy (non-hydrogen) atoms. The van der Waals surface area contributed by atoms with Crippen LogP contribution in [0.3, 0.4) is 0 Å². The summed E-state index contributed by atoms with van der Waals surface area (Å²) < 4.78 is 21.9. The molecule has 0 bridgehead atoms. The summed E-state index contributed by atoms with van der Waals surface area (Å²) in [6.45, 7) is 1.23. The van der Waals surface area contributed by atoms with Crippen LogP contribution in [-0.2, 0) is 9.53 Å². The zero-order valence-electron chi connectivity index (χ0n) is 14.2. The van der Waals surface area contributed by atoms with Crippen LogP contribution in [0.1, 0.15) is 17.5 Å². The molecule has 0 aromatic heterocycles. The van der Waals surface area contributed by atoms with Crippen molar-refractivity contribution in [1.82, 2.24) is 0 Å². The third kappa shape index (κ3) is 3.13. The highest BCUT2D eigenvalue weighted by atomic mass is 16.6. The monoisotopic (exact) mass is 351 g/mol. The maximum absolute atomic E-state index is 12.2. The second kappa shape index (κ2) is 6.92. The van der Waals surface area contributed by atoms with Crippen molar-refractivity contribution < 1.29 is 23.7 Å². The van der Waals surface area contributed by atoms with E-state index < -0.39 is 5.97 Å². The number of carbonyl (C=O) groups excluding carboxylic acids is 1. The number of benzene rings is 2. The molecule has 0 amide bonds. The fourth-order valence-corrected chi connectivity index (χ4v) is 2.77. The Bertz CT molecular complexity index is 916. The van der Waals surface area contributed by atoms with Crippen LogP contribution in [-0.4, -0.2) is 32.2 Å². The quantitative estimate of drug-likeness (QED) is 0.628. The zero-order valence-corrected chi connectivity index (χ0v) is 14.2. The van der Waals surface area contributed by atoms with Gasteiger partial charge >= 0.3 is 5.97 Å². The smallest absolute Gasteiger partial charge is 0.363 e. The minimum atomic E-state index is -0.502. The van der Waals surface area contributed by atoms with Gasteiger partial charge in [0, 0.05) is 6.42 Å². The average molecular weight is 351 g/mol. The van der Waals surface area contributed by atoms with Crippen molar-refractivity contribution in [2.24, 2.45) is 4.99 Å². The van der Waals surface area contributed by atoms with Gasteiger partial charge in [0.2, 0.25) is 5.90 Å². The van der Waals surface area contributed by atoms with Gasteiger partial charge in [0.05, 0.1) is 25.9 Å². The number of aliphatic imine (C=N–C) groups is 1. The first kappa shape index (κ1) is 16.2. The molecule has 4 rings (SSSR count). The number of fused-ring (bicyclic) bond motifs is 1. The Hall–Kier alpha value is -3.28. The van der Waals surface area contributed by atoms with Crippen LogP contribution < -0.4 is 14.2 Å². The Morgan fingerprint density at radius 1 is 1.08 bits per heavy atom. The number of carbonyl (C=O) groups is 1. The lowest BCUT2D eigenvalue weighted by atomic mass is 10.1. The van der Waals surface area contributed by atoms with E-state index in [4.69, 9.17) is 18.9 Å². The van der Waals surface area contributed by atoms with Crippen LogP contribution in [0.15, 0.2) is 53.2 Å². The van der Waals surface area contributed by atoms with Gasteiger partial charge < -0.3 is 18.9 Å². The van der Waals surface area contributed by atoms with Gasteiger partial charge in [-0.25, -0.2) is 9.79 Å². The summed E-state index contributed by atoms with van der Waals surface area (Å²) in [7, 11) is 1.56. The number of esters is 1. The topological polar surface area (TPSA) is 66.3 Å².